The van der Waals surface area contributed by atoms with Crippen molar-refractivity contribution >= 4 is 46.6 Å². The molecule has 9 heteroatoms. The zero-order valence-electron chi connectivity index (χ0n) is 15.5. The van der Waals surface area contributed by atoms with Gasteiger partial charge in [0.25, 0.3) is 11.6 Å². The number of nitriles is 1. The molecule has 3 rings (SSSR count). The van der Waals surface area contributed by atoms with E-state index in [1.165, 1.54) is 36.4 Å². The average Bonchev–Trinajstić information content (AvgIpc) is 3.17. The fraction of sp³-hybridized carbons (Fsp3) is 0.0476. The van der Waals surface area contributed by atoms with Crippen molar-refractivity contribution in [1.29, 1.82) is 5.26 Å². The van der Waals surface area contributed by atoms with Crippen molar-refractivity contribution in [3.8, 4) is 17.4 Å². The molecule has 7 nitrogen and oxygen atoms in total. The monoisotopic (exact) mass is 441 g/mol. The van der Waals surface area contributed by atoms with Gasteiger partial charge in [0, 0.05) is 27.9 Å². The molecule has 0 aliphatic rings. The summed E-state index contributed by atoms with van der Waals surface area (Å²) in [5, 5.41) is 23.9. The number of nitrogens with zero attached hydrogens (tertiary/aromatic N) is 2. The molecule has 30 heavy (non-hydrogen) atoms. The lowest BCUT2D eigenvalue weighted by molar-refractivity contribution is -0.384. The van der Waals surface area contributed by atoms with Gasteiger partial charge in [-0.3, -0.25) is 14.9 Å². The maximum Gasteiger partial charge on any atom is 0.281 e. The van der Waals surface area contributed by atoms with Crippen molar-refractivity contribution in [3.63, 3.8) is 0 Å². The Balaban J connectivity index is 1.87. The second-order valence-corrected chi connectivity index (χ2v) is 7.05. The third kappa shape index (κ3) is 4.69. The Labute approximate surface area is 181 Å². The van der Waals surface area contributed by atoms with Crippen LogP contribution in [0.4, 0.5) is 11.4 Å². The second-order valence-electron chi connectivity index (χ2n) is 6.21. The molecule has 0 atom stereocenters. The molecule has 0 saturated carbocycles. The number of halogens is 2. The van der Waals surface area contributed by atoms with E-state index in [9.17, 15) is 20.2 Å². The van der Waals surface area contributed by atoms with E-state index >= 15 is 0 Å². The highest BCUT2D eigenvalue weighted by Gasteiger charge is 2.19. The van der Waals surface area contributed by atoms with Crippen LogP contribution in [-0.4, -0.2) is 10.8 Å². The average molecular weight is 442 g/mol. The largest absolute Gasteiger partial charge is 0.456 e. The highest BCUT2D eigenvalue weighted by atomic mass is 35.5. The van der Waals surface area contributed by atoms with Gasteiger partial charge < -0.3 is 9.73 Å². The molecular weight excluding hydrogens is 429 g/mol. The Morgan fingerprint density at radius 1 is 1.20 bits per heavy atom. The Kier molecular flexibility index (Phi) is 6.21. The quantitative estimate of drug-likeness (QED) is 0.225. The number of furan rings is 1. The van der Waals surface area contributed by atoms with Crippen LogP contribution in [0.5, 0.6) is 0 Å². The molecule has 3 aromatic rings. The summed E-state index contributed by atoms with van der Waals surface area (Å²) < 4.78 is 5.59. The normalized spacial score (nSPS) is 11.1. The smallest absolute Gasteiger partial charge is 0.281 e. The molecule has 0 spiro atoms. The summed E-state index contributed by atoms with van der Waals surface area (Å²) >= 11 is 11.9. The van der Waals surface area contributed by atoms with E-state index in [-0.39, 0.29) is 33.4 Å². The molecule has 1 N–H and O–H groups in total. The van der Waals surface area contributed by atoms with E-state index in [0.29, 0.717) is 10.7 Å². The van der Waals surface area contributed by atoms with Crippen LogP contribution in [0.2, 0.25) is 10.0 Å². The third-order valence-electron chi connectivity index (χ3n) is 4.13. The maximum atomic E-state index is 12.4. The SMILES string of the molecule is Cc1ccc(NC(=O)/C(C#N)=C\c2ccc(-c3ccc(Cl)cc3[N+](=O)[O-])o2)cc1Cl. The number of nitro groups is 1. The Hall–Kier alpha value is -3.60. The molecule has 0 aliphatic heterocycles. The number of nitro benzene ring substituents is 1. The lowest BCUT2D eigenvalue weighted by Gasteiger charge is -2.06. The first-order valence-corrected chi connectivity index (χ1v) is 9.27. The second kappa shape index (κ2) is 8.82. The van der Waals surface area contributed by atoms with Gasteiger partial charge in [0.15, 0.2) is 0 Å². The third-order valence-corrected chi connectivity index (χ3v) is 4.77. The van der Waals surface area contributed by atoms with E-state index in [0.717, 1.165) is 5.56 Å². The molecule has 0 fully saturated rings. The van der Waals surface area contributed by atoms with E-state index in [2.05, 4.69) is 5.32 Å². The van der Waals surface area contributed by atoms with Gasteiger partial charge in [-0.15, -0.1) is 0 Å². The van der Waals surface area contributed by atoms with E-state index in [1.54, 1.807) is 18.2 Å². The van der Waals surface area contributed by atoms with Crippen molar-refractivity contribution in [2.75, 3.05) is 5.32 Å². The van der Waals surface area contributed by atoms with Gasteiger partial charge in [-0.1, -0.05) is 29.3 Å². The first-order valence-electron chi connectivity index (χ1n) is 8.52. The van der Waals surface area contributed by atoms with Crippen LogP contribution in [0, 0.1) is 28.4 Å². The molecular formula is C21H13Cl2N3O4. The summed E-state index contributed by atoms with van der Waals surface area (Å²) in [5.74, 6) is -0.261. The number of hydrogen-bond acceptors (Lipinski definition) is 5. The van der Waals surface area contributed by atoms with Gasteiger partial charge in [-0.25, -0.2) is 0 Å². The maximum absolute atomic E-state index is 12.4. The van der Waals surface area contributed by atoms with E-state index in [4.69, 9.17) is 27.6 Å². The fourth-order valence-electron chi connectivity index (χ4n) is 2.60. The van der Waals surface area contributed by atoms with Crippen LogP contribution in [0.1, 0.15) is 11.3 Å². The van der Waals surface area contributed by atoms with Crippen LogP contribution in [0.15, 0.2) is 58.5 Å². The van der Waals surface area contributed by atoms with Gasteiger partial charge in [0.05, 0.1) is 10.5 Å². The minimum atomic E-state index is -0.646. The molecule has 1 amide bonds. The van der Waals surface area contributed by atoms with Gasteiger partial charge in [0.1, 0.15) is 23.2 Å². The van der Waals surface area contributed by atoms with E-state index < -0.39 is 10.8 Å². The number of rotatable bonds is 5. The van der Waals surface area contributed by atoms with Crippen molar-refractivity contribution in [2.24, 2.45) is 0 Å². The van der Waals surface area contributed by atoms with Gasteiger partial charge in [0.2, 0.25) is 0 Å². The van der Waals surface area contributed by atoms with E-state index in [1.807, 2.05) is 13.0 Å². The first kappa shape index (κ1) is 21.1. The predicted octanol–water partition coefficient (Wildman–Crippen LogP) is 6.02. The number of nitrogens with one attached hydrogen (secondary N) is 1. The molecule has 150 valence electrons. The minimum Gasteiger partial charge on any atom is -0.456 e. The lowest BCUT2D eigenvalue weighted by atomic mass is 10.1. The highest BCUT2D eigenvalue weighted by molar-refractivity contribution is 6.31. The number of hydrogen-bond donors (Lipinski definition) is 1. The minimum absolute atomic E-state index is 0.183. The number of carbonyl (C=O) groups is 1. The van der Waals surface area contributed by atoms with Gasteiger partial charge in [-0.05, 0) is 48.9 Å². The molecule has 0 unspecified atom stereocenters. The predicted molar refractivity (Wildman–Crippen MR) is 114 cm³/mol. The molecule has 1 aromatic heterocycles. The summed E-state index contributed by atoms with van der Waals surface area (Å²) in [5.41, 5.74) is 1.08. The topological polar surface area (TPSA) is 109 Å². The Bertz CT molecular complexity index is 1230. The highest BCUT2D eigenvalue weighted by Crippen LogP contribution is 2.33. The van der Waals surface area contributed by atoms with Crippen LogP contribution in [0.3, 0.4) is 0 Å². The molecule has 1 heterocycles. The summed E-state index contributed by atoms with van der Waals surface area (Å²) in [4.78, 5) is 23.1. The standard InChI is InChI=1S/C21H13Cl2N3O4/c1-12-2-4-15(10-18(12)23)25-21(27)13(11-24)8-16-5-7-20(30-16)17-6-3-14(22)9-19(17)26(28)29/h2-10H,1H3,(H,25,27)/b13-8-. The fourth-order valence-corrected chi connectivity index (χ4v) is 2.95. The zero-order chi connectivity index (χ0) is 21.8. The van der Waals surface area contributed by atoms with Crippen molar-refractivity contribution in [1.82, 2.24) is 0 Å². The number of carbonyl (C=O) groups excluding carboxylic acids is 1. The Morgan fingerprint density at radius 2 is 1.97 bits per heavy atom. The summed E-state index contributed by atoms with van der Waals surface area (Å²) in [6, 6.07) is 14.0. The summed E-state index contributed by atoms with van der Waals surface area (Å²) in [6.45, 7) is 1.83. The lowest BCUT2D eigenvalue weighted by Crippen LogP contribution is -2.13. The zero-order valence-corrected chi connectivity index (χ0v) is 17.0. The van der Waals surface area contributed by atoms with Crippen LogP contribution in [0.25, 0.3) is 17.4 Å². The molecule has 0 aliphatic carbocycles. The van der Waals surface area contributed by atoms with Gasteiger partial charge >= 0.3 is 0 Å². The number of benzene rings is 2. The van der Waals surface area contributed by atoms with Crippen LogP contribution < -0.4 is 5.32 Å². The molecule has 2 aromatic carbocycles. The van der Waals surface area contributed by atoms with Crippen molar-refractivity contribution in [3.05, 3.63) is 85.6 Å². The summed E-state index contributed by atoms with van der Waals surface area (Å²) in [6.07, 6.45) is 1.25. The molecule has 0 bridgehead atoms. The molecule has 0 saturated heterocycles. The number of anilines is 1. The first-order chi connectivity index (χ1) is 14.3. The van der Waals surface area contributed by atoms with Crippen molar-refractivity contribution in [2.45, 2.75) is 6.92 Å². The Morgan fingerprint density at radius 3 is 2.63 bits per heavy atom. The van der Waals surface area contributed by atoms with Crippen molar-refractivity contribution < 1.29 is 14.1 Å². The molecule has 0 radical (unpaired) electrons. The van der Waals surface area contributed by atoms with Crippen LogP contribution >= 0.6 is 23.2 Å². The van der Waals surface area contributed by atoms with Gasteiger partial charge in [-0.2, -0.15) is 5.26 Å². The number of amides is 1. The van der Waals surface area contributed by atoms with Crippen LogP contribution in [-0.2, 0) is 4.79 Å². The number of aryl methyl sites for hydroxylation is 1. The summed E-state index contributed by atoms with van der Waals surface area (Å²) in [7, 11) is 0.